The second-order valence-corrected chi connectivity index (χ2v) is 7.53. The molecule has 4 rings (SSSR count). The molecule has 2 heterocycles. The molecule has 8 heteroatoms. The number of rotatable bonds is 5. The van der Waals surface area contributed by atoms with Gasteiger partial charge in [0.15, 0.2) is 5.16 Å². The molecule has 27 heavy (non-hydrogen) atoms. The topological polar surface area (TPSA) is 52.2 Å². The van der Waals surface area contributed by atoms with E-state index in [1.165, 1.54) is 23.9 Å². The molecule has 138 valence electrons. The highest BCUT2D eigenvalue weighted by Crippen LogP contribution is 2.26. The molecule has 0 spiro atoms. The molecule has 0 radical (unpaired) electrons. The first-order chi connectivity index (χ1) is 13.1. The Bertz CT molecular complexity index is 1200. The molecule has 5 nitrogen and oxygen atoms in total. The number of aromatic nitrogens is 4. The molecule has 0 aliphatic carbocycles. The van der Waals surface area contributed by atoms with Gasteiger partial charge in [0.05, 0.1) is 10.9 Å². The van der Waals surface area contributed by atoms with Gasteiger partial charge in [0, 0.05) is 17.3 Å². The van der Waals surface area contributed by atoms with Gasteiger partial charge in [-0.2, -0.15) is 0 Å². The third kappa shape index (κ3) is 3.33. The van der Waals surface area contributed by atoms with Crippen molar-refractivity contribution in [3.8, 4) is 0 Å². The Morgan fingerprint density at radius 1 is 1.19 bits per heavy atom. The van der Waals surface area contributed by atoms with Crippen molar-refractivity contribution < 1.29 is 4.39 Å². The predicted octanol–water partition coefficient (Wildman–Crippen LogP) is 4.54. The molecule has 0 aliphatic rings. The zero-order valence-corrected chi connectivity index (χ0v) is 16.1. The first-order valence-corrected chi connectivity index (χ1v) is 9.89. The smallest absolute Gasteiger partial charge is 0.262 e. The molecule has 0 saturated carbocycles. The molecule has 0 fully saturated rings. The van der Waals surface area contributed by atoms with Crippen LogP contribution in [0.25, 0.3) is 16.7 Å². The van der Waals surface area contributed by atoms with Crippen LogP contribution in [0, 0.1) is 5.82 Å². The third-order valence-corrected chi connectivity index (χ3v) is 5.47. The molecule has 0 unspecified atom stereocenters. The summed E-state index contributed by atoms with van der Waals surface area (Å²) in [6, 6.07) is 11.8. The van der Waals surface area contributed by atoms with Gasteiger partial charge < -0.3 is 0 Å². The molecule has 0 bridgehead atoms. The van der Waals surface area contributed by atoms with Crippen molar-refractivity contribution in [1.82, 2.24) is 19.2 Å². The molecule has 2 aromatic heterocycles. The van der Waals surface area contributed by atoms with E-state index in [1.54, 1.807) is 10.6 Å². The molecule has 0 amide bonds. The Hall–Kier alpha value is -2.38. The normalized spacial score (nSPS) is 11.5. The number of halogens is 2. The van der Waals surface area contributed by atoms with Crippen LogP contribution in [0.1, 0.15) is 18.9 Å². The van der Waals surface area contributed by atoms with Gasteiger partial charge in [0.2, 0.25) is 5.78 Å². The van der Waals surface area contributed by atoms with Crippen LogP contribution in [0.15, 0.2) is 52.4 Å². The Kier molecular flexibility index (Phi) is 4.88. The standard InChI is InChI=1S/C19H16ClFN4OS/c1-2-8-24-17(26)15-10-14(21)6-7-16(15)25-18(24)22-23-19(25)27-11-12-4-3-5-13(20)9-12/h3-7,9-10H,2,8,11H2,1H3. The SMILES string of the molecule is CCCn1c(=O)c2cc(F)ccc2n2c(SCc3cccc(Cl)c3)nnc12. The maximum absolute atomic E-state index is 13.8. The zero-order valence-electron chi connectivity index (χ0n) is 14.5. The van der Waals surface area contributed by atoms with E-state index in [4.69, 9.17) is 11.6 Å². The van der Waals surface area contributed by atoms with Gasteiger partial charge in [-0.3, -0.25) is 13.8 Å². The van der Waals surface area contributed by atoms with Crippen molar-refractivity contribution >= 4 is 40.0 Å². The minimum Gasteiger partial charge on any atom is -0.276 e. The fourth-order valence-corrected chi connectivity index (χ4v) is 4.15. The molecule has 0 N–H and O–H groups in total. The lowest BCUT2D eigenvalue weighted by atomic mass is 10.2. The predicted molar refractivity (Wildman–Crippen MR) is 106 cm³/mol. The molecule has 0 aliphatic heterocycles. The number of nitrogens with zero attached hydrogens (tertiary/aromatic N) is 4. The van der Waals surface area contributed by atoms with E-state index in [9.17, 15) is 9.18 Å². The quantitative estimate of drug-likeness (QED) is 0.460. The van der Waals surface area contributed by atoms with Gasteiger partial charge in [-0.15, -0.1) is 10.2 Å². The average molecular weight is 403 g/mol. The molecule has 0 saturated heterocycles. The summed E-state index contributed by atoms with van der Waals surface area (Å²) < 4.78 is 17.1. The van der Waals surface area contributed by atoms with Gasteiger partial charge >= 0.3 is 0 Å². The number of hydrogen-bond acceptors (Lipinski definition) is 4. The van der Waals surface area contributed by atoms with Gasteiger partial charge in [-0.25, -0.2) is 4.39 Å². The first kappa shape index (κ1) is 18.0. The maximum Gasteiger partial charge on any atom is 0.262 e. The van der Waals surface area contributed by atoms with Crippen molar-refractivity contribution in [2.75, 3.05) is 0 Å². The summed E-state index contributed by atoms with van der Waals surface area (Å²) in [6.45, 7) is 2.47. The Balaban J connectivity index is 1.87. The molecular formula is C19H16ClFN4OS. The second-order valence-electron chi connectivity index (χ2n) is 6.15. The van der Waals surface area contributed by atoms with Crippen LogP contribution in [0.3, 0.4) is 0 Å². The monoisotopic (exact) mass is 402 g/mol. The fourth-order valence-electron chi connectivity index (χ4n) is 3.05. The van der Waals surface area contributed by atoms with Gasteiger partial charge in [0.1, 0.15) is 5.82 Å². The number of fused-ring (bicyclic) bond motifs is 3. The highest BCUT2D eigenvalue weighted by atomic mass is 35.5. The Morgan fingerprint density at radius 3 is 2.81 bits per heavy atom. The lowest BCUT2D eigenvalue weighted by Gasteiger charge is -2.10. The largest absolute Gasteiger partial charge is 0.276 e. The number of hydrogen-bond donors (Lipinski definition) is 0. The van der Waals surface area contributed by atoms with E-state index in [2.05, 4.69) is 10.2 Å². The Morgan fingerprint density at radius 2 is 2.04 bits per heavy atom. The first-order valence-electron chi connectivity index (χ1n) is 8.53. The van der Waals surface area contributed by atoms with E-state index < -0.39 is 5.82 Å². The van der Waals surface area contributed by atoms with Gasteiger partial charge in [0.25, 0.3) is 5.56 Å². The van der Waals surface area contributed by atoms with Crippen LogP contribution < -0.4 is 5.56 Å². The zero-order chi connectivity index (χ0) is 19.0. The number of thioether (sulfide) groups is 1. The van der Waals surface area contributed by atoms with E-state index in [1.807, 2.05) is 35.6 Å². The highest BCUT2D eigenvalue weighted by Gasteiger charge is 2.17. The summed E-state index contributed by atoms with van der Waals surface area (Å²) >= 11 is 7.54. The third-order valence-electron chi connectivity index (χ3n) is 4.24. The van der Waals surface area contributed by atoms with Crippen LogP contribution in [0.2, 0.25) is 5.02 Å². The summed E-state index contributed by atoms with van der Waals surface area (Å²) in [5.74, 6) is 0.675. The van der Waals surface area contributed by atoms with Crippen molar-refractivity contribution in [3.05, 3.63) is 69.2 Å². The van der Waals surface area contributed by atoms with Crippen molar-refractivity contribution in [2.24, 2.45) is 0 Å². The van der Waals surface area contributed by atoms with E-state index in [0.717, 1.165) is 12.0 Å². The van der Waals surface area contributed by atoms with Gasteiger partial charge in [-0.05, 0) is 42.3 Å². The molecule has 2 aromatic carbocycles. The fraction of sp³-hybridized carbons (Fsp3) is 0.211. The lowest BCUT2D eigenvalue weighted by Crippen LogP contribution is -2.23. The van der Waals surface area contributed by atoms with E-state index >= 15 is 0 Å². The summed E-state index contributed by atoms with van der Waals surface area (Å²) in [5.41, 5.74) is 1.40. The number of aryl methyl sites for hydroxylation is 1. The number of benzene rings is 2. The lowest BCUT2D eigenvalue weighted by molar-refractivity contribution is 0.627. The van der Waals surface area contributed by atoms with Crippen LogP contribution in [0.5, 0.6) is 0 Å². The van der Waals surface area contributed by atoms with Crippen molar-refractivity contribution in [2.45, 2.75) is 30.8 Å². The van der Waals surface area contributed by atoms with Crippen LogP contribution in [-0.2, 0) is 12.3 Å². The summed E-state index contributed by atoms with van der Waals surface area (Å²) in [4.78, 5) is 12.8. The van der Waals surface area contributed by atoms with Crippen LogP contribution >= 0.6 is 23.4 Å². The van der Waals surface area contributed by atoms with Crippen LogP contribution in [0.4, 0.5) is 4.39 Å². The minimum atomic E-state index is -0.441. The molecule has 0 atom stereocenters. The van der Waals surface area contributed by atoms with Crippen LogP contribution in [-0.4, -0.2) is 19.2 Å². The van der Waals surface area contributed by atoms with E-state index in [0.29, 0.717) is 39.2 Å². The summed E-state index contributed by atoms with van der Waals surface area (Å²) in [5, 5.41) is 10.2. The van der Waals surface area contributed by atoms with E-state index in [-0.39, 0.29) is 5.56 Å². The second kappa shape index (κ2) is 7.32. The minimum absolute atomic E-state index is 0.252. The van der Waals surface area contributed by atoms with Gasteiger partial charge in [-0.1, -0.05) is 42.4 Å². The summed E-state index contributed by atoms with van der Waals surface area (Å²) in [7, 11) is 0. The van der Waals surface area contributed by atoms with Crippen molar-refractivity contribution in [1.29, 1.82) is 0 Å². The highest BCUT2D eigenvalue weighted by molar-refractivity contribution is 7.98. The molecule has 4 aromatic rings. The average Bonchev–Trinajstić information content (AvgIpc) is 3.07. The van der Waals surface area contributed by atoms with Crippen molar-refractivity contribution in [3.63, 3.8) is 0 Å². The maximum atomic E-state index is 13.8. The summed E-state index contributed by atoms with van der Waals surface area (Å²) in [6.07, 6.45) is 0.758. The Labute approximate surface area is 163 Å². The molecular weight excluding hydrogens is 387 g/mol.